The first-order valence-electron chi connectivity index (χ1n) is 8.83. The van der Waals surface area contributed by atoms with Gasteiger partial charge in [0.1, 0.15) is 12.4 Å². The van der Waals surface area contributed by atoms with Crippen molar-refractivity contribution in [1.82, 2.24) is 29.4 Å². The first kappa shape index (κ1) is 17.0. The van der Waals surface area contributed by atoms with Gasteiger partial charge in [-0.05, 0) is 38.0 Å². The van der Waals surface area contributed by atoms with Gasteiger partial charge in [-0.2, -0.15) is 5.10 Å². The summed E-state index contributed by atoms with van der Waals surface area (Å²) >= 11 is 1.56. The van der Waals surface area contributed by atoms with Gasteiger partial charge in [-0.3, -0.25) is 9.48 Å². The van der Waals surface area contributed by atoms with Crippen molar-refractivity contribution in [2.24, 2.45) is 7.05 Å². The highest BCUT2D eigenvalue weighted by atomic mass is 32.1. The molecule has 0 aromatic carbocycles. The quantitative estimate of drug-likeness (QED) is 0.707. The fourth-order valence-electron chi connectivity index (χ4n) is 3.49. The van der Waals surface area contributed by atoms with E-state index >= 15 is 0 Å². The number of aryl methyl sites for hydroxylation is 1. The fourth-order valence-corrected chi connectivity index (χ4v) is 4.32. The first-order valence-corrected chi connectivity index (χ1v) is 9.65. The summed E-state index contributed by atoms with van der Waals surface area (Å²) in [5, 5.41) is 13.0. The van der Waals surface area contributed by atoms with E-state index in [2.05, 4.69) is 19.9 Å². The smallest absolute Gasteiger partial charge is 0.263 e. The van der Waals surface area contributed by atoms with Crippen LogP contribution >= 0.6 is 11.3 Å². The number of rotatable bonds is 4. The Hall–Kier alpha value is -2.48. The summed E-state index contributed by atoms with van der Waals surface area (Å²) in [7, 11) is 2.00. The van der Waals surface area contributed by atoms with Crippen LogP contribution in [-0.4, -0.2) is 48.4 Å². The third-order valence-electron chi connectivity index (χ3n) is 4.89. The molecule has 1 aliphatic rings. The van der Waals surface area contributed by atoms with Crippen LogP contribution in [0.3, 0.4) is 0 Å². The number of thiophene rings is 1. The van der Waals surface area contributed by atoms with Crippen molar-refractivity contribution in [3.05, 3.63) is 52.0 Å². The molecular formula is C18H22N6OS. The number of hydrogen-bond donors (Lipinski definition) is 0. The van der Waals surface area contributed by atoms with E-state index in [1.165, 1.54) is 4.88 Å². The third-order valence-corrected chi connectivity index (χ3v) is 5.87. The van der Waals surface area contributed by atoms with E-state index < -0.39 is 0 Å². The Morgan fingerprint density at radius 3 is 2.96 bits per heavy atom. The Kier molecular flexibility index (Phi) is 4.58. The van der Waals surface area contributed by atoms with Crippen LogP contribution < -0.4 is 0 Å². The topological polar surface area (TPSA) is 68.8 Å². The van der Waals surface area contributed by atoms with Gasteiger partial charge in [0.05, 0.1) is 4.88 Å². The van der Waals surface area contributed by atoms with Crippen molar-refractivity contribution < 1.29 is 4.79 Å². The van der Waals surface area contributed by atoms with Gasteiger partial charge in [0.15, 0.2) is 5.82 Å². The fraction of sp³-hybridized carbons (Fsp3) is 0.444. The average Bonchev–Trinajstić information content (AvgIpc) is 3.38. The molecule has 3 aromatic heterocycles. The maximum Gasteiger partial charge on any atom is 0.263 e. The molecule has 0 bridgehead atoms. The number of likely N-dealkylation sites (tertiary alicyclic amines) is 1. The minimum Gasteiger partial charge on any atom is -0.337 e. The van der Waals surface area contributed by atoms with E-state index in [4.69, 9.17) is 0 Å². The molecule has 0 saturated carbocycles. The number of hydrogen-bond acceptors (Lipinski definition) is 5. The predicted octanol–water partition coefficient (Wildman–Crippen LogP) is 2.45. The summed E-state index contributed by atoms with van der Waals surface area (Å²) in [5.41, 5.74) is 0. The summed E-state index contributed by atoms with van der Waals surface area (Å²) in [6.07, 6.45) is 5.69. The highest BCUT2D eigenvalue weighted by molar-refractivity contribution is 7.13. The molecule has 8 heteroatoms. The summed E-state index contributed by atoms with van der Waals surface area (Å²) < 4.78 is 3.89. The zero-order valence-electron chi connectivity index (χ0n) is 15.0. The van der Waals surface area contributed by atoms with E-state index in [9.17, 15) is 4.79 Å². The normalized spacial score (nSPS) is 17.6. The Balaban J connectivity index is 1.49. The van der Waals surface area contributed by atoms with Gasteiger partial charge in [0.25, 0.3) is 5.91 Å². The zero-order chi connectivity index (χ0) is 18.1. The standard InChI is InChI=1S/C18H22N6OS/c1-13-6-7-15(26-13)18(25)23-9-3-5-14(11-23)17-21-20-16(22(17)2)12-24-10-4-8-19-24/h4,6-8,10,14H,3,5,9,11-12H2,1-2H3/t14-/m0/s1. The first-order chi connectivity index (χ1) is 12.6. The molecule has 4 rings (SSSR count). The highest BCUT2D eigenvalue weighted by Crippen LogP contribution is 2.28. The zero-order valence-corrected chi connectivity index (χ0v) is 15.8. The van der Waals surface area contributed by atoms with Gasteiger partial charge >= 0.3 is 0 Å². The Morgan fingerprint density at radius 1 is 1.35 bits per heavy atom. The van der Waals surface area contributed by atoms with Crippen molar-refractivity contribution in [2.75, 3.05) is 13.1 Å². The number of nitrogens with zero attached hydrogens (tertiary/aromatic N) is 6. The number of carbonyl (C=O) groups is 1. The van der Waals surface area contributed by atoms with Gasteiger partial charge in [0, 0.05) is 43.3 Å². The average molecular weight is 370 g/mol. The van der Waals surface area contributed by atoms with Crippen molar-refractivity contribution in [1.29, 1.82) is 0 Å². The van der Waals surface area contributed by atoms with Crippen LogP contribution in [0.25, 0.3) is 0 Å². The van der Waals surface area contributed by atoms with Crippen molar-refractivity contribution in [2.45, 2.75) is 32.2 Å². The van der Waals surface area contributed by atoms with Gasteiger partial charge in [0.2, 0.25) is 0 Å². The molecule has 0 unspecified atom stereocenters. The van der Waals surface area contributed by atoms with Crippen LogP contribution in [0.1, 0.15) is 45.0 Å². The van der Waals surface area contributed by atoms with Crippen LogP contribution in [0.15, 0.2) is 30.6 Å². The Labute approximate surface area is 156 Å². The molecule has 0 spiro atoms. The van der Waals surface area contributed by atoms with Crippen molar-refractivity contribution >= 4 is 17.2 Å². The molecule has 7 nitrogen and oxygen atoms in total. The molecule has 0 radical (unpaired) electrons. The lowest BCUT2D eigenvalue weighted by Crippen LogP contribution is -2.39. The van der Waals surface area contributed by atoms with E-state index in [1.54, 1.807) is 17.5 Å². The molecule has 1 amide bonds. The SMILES string of the molecule is Cc1ccc(C(=O)N2CCC[C@H](c3nnc(Cn4cccn4)n3C)C2)s1. The molecule has 0 aliphatic carbocycles. The molecule has 3 aromatic rings. The Morgan fingerprint density at radius 2 is 2.23 bits per heavy atom. The second kappa shape index (κ2) is 7.03. The van der Waals surface area contributed by atoms with Gasteiger partial charge in [-0.15, -0.1) is 21.5 Å². The molecular weight excluding hydrogens is 348 g/mol. The van der Waals surface area contributed by atoms with Crippen LogP contribution in [-0.2, 0) is 13.6 Å². The van der Waals surface area contributed by atoms with E-state index in [1.807, 2.05) is 47.9 Å². The number of piperidine rings is 1. The van der Waals surface area contributed by atoms with E-state index in [0.717, 1.165) is 35.9 Å². The highest BCUT2D eigenvalue weighted by Gasteiger charge is 2.29. The second-order valence-corrected chi connectivity index (χ2v) is 8.03. The predicted molar refractivity (Wildman–Crippen MR) is 99.3 cm³/mol. The maximum atomic E-state index is 12.8. The molecule has 0 N–H and O–H groups in total. The van der Waals surface area contributed by atoms with Crippen LogP contribution in [0.5, 0.6) is 0 Å². The molecule has 4 heterocycles. The summed E-state index contributed by atoms with van der Waals surface area (Å²) in [5.74, 6) is 2.18. The molecule has 1 aliphatic heterocycles. The van der Waals surface area contributed by atoms with E-state index in [0.29, 0.717) is 13.1 Å². The lowest BCUT2D eigenvalue weighted by molar-refractivity contribution is 0.0708. The van der Waals surface area contributed by atoms with Gasteiger partial charge in [-0.1, -0.05) is 0 Å². The van der Waals surface area contributed by atoms with Gasteiger partial charge in [-0.25, -0.2) is 0 Å². The maximum absolute atomic E-state index is 12.8. The van der Waals surface area contributed by atoms with Crippen LogP contribution in [0, 0.1) is 6.92 Å². The van der Waals surface area contributed by atoms with E-state index in [-0.39, 0.29) is 11.8 Å². The lowest BCUT2D eigenvalue weighted by Gasteiger charge is -2.32. The minimum absolute atomic E-state index is 0.131. The molecule has 26 heavy (non-hydrogen) atoms. The molecule has 136 valence electrons. The summed E-state index contributed by atoms with van der Waals surface area (Å²) in [4.78, 5) is 16.7. The number of carbonyl (C=O) groups excluding carboxylic acids is 1. The van der Waals surface area contributed by atoms with Crippen LogP contribution in [0.2, 0.25) is 0 Å². The summed E-state index contributed by atoms with van der Waals surface area (Å²) in [6, 6.07) is 5.83. The lowest BCUT2D eigenvalue weighted by atomic mass is 9.97. The Bertz CT molecular complexity index is 897. The van der Waals surface area contributed by atoms with Gasteiger partial charge < -0.3 is 9.47 Å². The van der Waals surface area contributed by atoms with Crippen molar-refractivity contribution in [3.8, 4) is 0 Å². The molecule has 1 atom stereocenters. The second-order valence-electron chi connectivity index (χ2n) is 6.74. The number of amides is 1. The van der Waals surface area contributed by atoms with Crippen molar-refractivity contribution in [3.63, 3.8) is 0 Å². The largest absolute Gasteiger partial charge is 0.337 e. The third kappa shape index (κ3) is 3.29. The summed E-state index contributed by atoms with van der Waals surface area (Å²) in [6.45, 7) is 4.13. The minimum atomic E-state index is 0.131. The molecule has 1 fully saturated rings. The molecule has 1 saturated heterocycles. The van der Waals surface area contributed by atoms with Crippen LogP contribution in [0.4, 0.5) is 0 Å². The monoisotopic (exact) mass is 370 g/mol. The number of aromatic nitrogens is 5.